The highest BCUT2D eigenvalue weighted by Gasteiger charge is 2.39. The summed E-state index contributed by atoms with van der Waals surface area (Å²) >= 11 is 10.3. The second-order valence-corrected chi connectivity index (χ2v) is 39.2. The van der Waals surface area contributed by atoms with Crippen LogP contribution in [-0.2, 0) is 0 Å². The van der Waals surface area contributed by atoms with E-state index in [9.17, 15) is 38.5 Å². The van der Waals surface area contributed by atoms with Gasteiger partial charge >= 0.3 is 0 Å². The summed E-state index contributed by atoms with van der Waals surface area (Å²) < 4.78 is 25.6. The number of fused-ring (bicyclic) bond motifs is 15. The van der Waals surface area contributed by atoms with Gasteiger partial charge in [-0.1, -0.05) is 125 Å². The number of hydrogen-bond donors (Lipinski definition) is 0. The van der Waals surface area contributed by atoms with E-state index in [0.29, 0.717) is 91.3 Å². The summed E-state index contributed by atoms with van der Waals surface area (Å²) in [6.07, 6.45) is 22.5. The van der Waals surface area contributed by atoms with Gasteiger partial charge in [0.25, 0.3) is 5.69 Å². The average Bonchev–Trinajstić information content (AvgIpc) is 1.62. The number of hydrogen-bond acceptors (Lipinski definition) is 18. The first kappa shape index (κ1) is 92.3. The Balaban J connectivity index is 0.000000104. The number of nitrogens with zero attached hydrogens (tertiary/aromatic N) is 17. The Morgan fingerprint density at radius 2 is 0.596 bits per heavy atom. The van der Waals surface area contributed by atoms with Crippen LogP contribution >= 0.6 is 27.5 Å². The van der Waals surface area contributed by atoms with Crippen LogP contribution in [0.2, 0.25) is 5.02 Å². The number of carbonyl (C=O) groups is 5. The van der Waals surface area contributed by atoms with Crippen molar-refractivity contribution in [1.29, 1.82) is 0 Å². The zero-order valence-electron chi connectivity index (χ0n) is 79.5. The zero-order chi connectivity index (χ0) is 97.8. The van der Waals surface area contributed by atoms with Crippen LogP contribution in [0.1, 0.15) is 358 Å². The minimum absolute atomic E-state index is 0.0164. The van der Waals surface area contributed by atoms with Crippen molar-refractivity contribution in [2.24, 2.45) is 25.0 Å². The third-order valence-electron chi connectivity index (χ3n) is 27.9. The molecule has 5 aliphatic carbocycles. The number of aromatic nitrogens is 11. The normalized spacial score (nSPS) is 18.0. The number of nitro benzene ring substituents is 1. The number of Topliss-reactive ketones (excluding diaryl/α,β-unsaturated/α-hetero) is 5. The van der Waals surface area contributed by atoms with E-state index in [0.717, 1.165) is 130 Å². The van der Waals surface area contributed by atoms with E-state index in [1.54, 1.807) is 88.9 Å². The molecule has 5 fully saturated rings. The lowest BCUT2D eigenvalue weighted by atomic mass is 9.96. The summed E-state index contributed by atoms with van der Waals surface area (Å²) in [6, 6.07) is 66.2. The van der Waals surface area contributed by atoms with Crippen LogP contribution in [0, 0.1) is 15.9 Å². The molecular formula is C114H100BrClFN17O7. The summed E-state index contributed by atoms with van der Waals surface area (Å²) in [7, 11) is 0. The molecule has 0 unspecified atom stereocenters. The number of ketones is 5. The molecule has 0 N–H and O–H groups in total. The molecule has 704 valence electrons. The van der Waals surface area contributed by atoms with Gasteiger partial charge in [-0.3, -0.25) is 86.9 Å². The third-order valence-corrected chi connectivity index (χ3v) is 28.9. The highest BCUT2D eigenvalue weighted by atomic mass is 79.9. The summed E-state index contributed by atoms with van der Waals surface area (Å²) in [6.45, 7) is 17.5. The van der Waals surface area contributed by atoms with Gasteiger partial charge in [0.1, 0.15) is 65.9 Å². The minimum atomic E-state index is -0.391. The molecule has 5 aliphatic heterocycles. The van der Waals surface area contributed by atoms with E-state index in [2.05, 4.69) is 131 Å². The lowest BCUT2D eigenvalue weighted by Crippen LogP contribution is -2.10. The topological polar surface area (TPSA) is 292 Å². The molecule has 27 heteroatoms. The van der Waals surface area contributed by atoms with E-state index in [1.165, 1.54) is 105 Å². The molecule has 0 spiro atoms. The predicted molar refractivity (Wildman–Crippen MR) is 547 cm³/mol. The van der Waals surface area contributed by atoms with Gasteiger partial charge in [0.2, 0.25) is 0 Å². The number of aliphatic imine (C=N–C) groups is 5. The third kappa shape index (κ3) is 17.8. The standard InChI is InChI=1S/C23H20BrN3O.C23H20ClN3O.C23H20FN3O.C23H20N4O3.C22H20N4O/c3*1-13-23-21(14(2)28)25-12-27(23)20-10-9-16(15-7-8-15)11-18(20)22(26-13)17-5-3-4-6-19(17)24;1-13-23-21(14(2)28)24-12-26(23)19-10-9-16(15-7-8-15)11-18(19)22(25-13)17-5-3-4-6-20(17)27(29)30;1-13-22-20(14(2)27)24-12-26(22)19-9-8-16(15-6-7-15)11-17(19)21(25-13)18-5-3-4-10-23-18/h3*3-6,9-13,15H,7-8H2,1-2H3;3-6,9-13,15H,7-8H2,1-2H3;3-5,8-13,15H,6-7H2,1-2H3/t5*13-/m10011/s1. The first-order valence-electron chi connectivity index (χ1n) is 48.1. The van der Waals surface area contributed by atoms with Crippen molar-refractivity contribution in [3.8, 4) is 28.4 Å². The number of carbonyl (C=O) groups excluding carboxylic acids is 5. The zero-order valence-corrected chi connectivity index (χ0v) is 81.9. The van der Waals surface area contributed by atoms with E-state index >= 15 is 0 Å². The molecule has 0 amide bonds. The molecule has 10 aliphatic rings. The highest BCUT2D eigenvalue weighted by molar-refractivity contribution is 9.10. The Labute approximate surface area is 827 Å². The fourth-order valence-electron chi connectivity index (χ4n) is 20.2. The molecule has 6 aromatic heterocycles. The number of benzene rings is 9. The molecule has 0 saturated heterocycles. The van der Waals surface area contributed by atoms with Gasteiger partial charge < -0.3 is 0 Å². The molecule has 25 rings (SSSR count). The van der Waals surface area contributed by atoms with E-state index in [-0.39, 0.29) is 69.5 Å². The van der Waals surface area contributed by atoms with Crippen molar-refractivity contribution < 1.29 is 33.3 Å². The summed E-state index contributed by atoms with van der Waals surface area (Å²) in [5.74, 6) is 2.39. The first-order valence-corrected chi connectivity index (χ1v) is 49.3. The number of para-hydroxylation sites is 1. The summed E-state index contributed by atoms with van der Waals surface area (Å²) in [4.78, 5) is 123. The van der Waals surface area contributed by atoms with Crippen molar-refractivity contribution >= 4 is 90.7 Å². The van der Waals surface area contributed by atoms with Crippen molar-refractivity contribution in [1.82, 2.24) is 52.7 Å². The van der Waals surface area contributed by atoms with Crippen molar-refractivity contribution in [2.45, 2.75) is 193 Å². The average molecular weight is 1950 g/mol. The van der Waals surface area contributed by atoms with Gasteiger partial charge in [0.05, 0.1) is 132 Å². The van der Waals surface area contributed by atoms with E-state index in [1.807, 2.05) is 136 Å². The van der Waals surface area contributed by atoms with Crippen LogP contribution in [0.25, 0.3) is 28.4 Å². The van der Waals surface area contributed by atoms with E-state index in [4.69, 9.17) is 36.6 Å². The Kier molecular flexibility index (Phi) is 24.6. The Bertz CT molecular complexity index is 7430. The number of rotatable bonds is 16. The summed E-state index contributed by atoms with van der Waals surface area (Å²) in [5.41, 5.74) is 30.1. The Morgan fingerprint density at radius 1 is 0.326 bits per heavy atom. The molecule has 5 saturated carbocycles. The van der Waals surface area contributed by atoms with Crippen molar-refractivity contribution in [2.75, 3.05) is 0 Å². The Morgan fingerprint density at radius 3 is 0.901 bits per heavy atom. The van der Waals surface area contributed by atoms with Crippen LogP contribution in [0.4, 0.5) is 10.1 Å². The fourth-order valence-corrected chi connectivity index (χ4v) is 20.9. The molecule has 0 bridgehead atoms. The molecular weight excluding hydrogens is 1850 g/mol. The SMILES string of the molecule is CC(=O)c1ncn2c1[C@@H](C)N=C(c1ccccc1Br)c1cc(C3CC3)ccc1-2.CC(=O)c1ncn2c1[C@@H](C)N=C(c1ccccc1[N+](=O)[O-])c1cc(C3CC3)ccc1-2.CC(=O)c1ncn2c1[C@@H](C)N=C(c1ccccn1)c1cc(C3CC3)ccc1-2.CC(=O)c1ncn2c1[C@H](C)N=C(c1ccccc1Cl)c1cc(C3CC3)ccc1-2.CC(=O)c1ncn2c1[C@H](C)N=C(c1ccccc1F)c1cc(C3CC3)ccc1-2. The number of pyridine rings is 1. The van der Waals surface area contributed by atoms with Crippen LogP contribution in [0.3, 0.4) is 0 Å². The summed E-state index contributed by atoms with van der Waals surface area (Å²) in [5, 5.41) is 12.4. The molecule has 15 aromatic rings. The van der Waals surface area contributed by atoms with Gasteiger partial charge in [0, 0.05) is 101 Å². The molecule has 9 aromatic carbocycles. The maximum atomic E-state index is 14.7. The molecule has 0 radical (unpaired) electrons. The largest absolute Gasteiger partial charge is 0.300 e. The second-order valence-electron chi connectivity index (χ2n) is 38.0. The fraction of sp³-hybridized carbons (Fsp3) is 0.263. The monoisotopic (exact) mass is 1950 g/mol. The maximum Gasteiger partial charge on any atom is 0.278 e. The lowest BCUT2D eigenvalue weighted by molar-refractivity contribution is -0.385. The lowest BCUT2D eigenvalue weighted by Gasteiger charge is -2.14. The second kappa shape index (κ2) is 37.6. The molecule has 11 heterocycles. The predicted octanol–water partition coefficient (Wildman–Crippen LogP) is 25.2. The van der Waals surface area contributed by atoms with Gasteiger partial charge in [-0.05, 0) is 259 Å². The maximum absolute atomic E-state index is 14.7. The molecule has 24 nitrogen and oxygen atoms in total. The quantitative estimate of drug-likeness (QED) is 0.0494. The van der Waals surface area contributed by atoms with Crippen LogP contribution < -0.4 is 0 Å². The van der Waals surface area contributed by atoms with Crippen molar-refractivity contribution in [3.63, 3.8) is 0 Å². The Hall–Kier alpha value is -15.0. The van der Waals surface area contributed by atoms with Crippen molar-refractivity contribution in [3.05, 3.63) is 410 Å². The van der Waals surface area contributed by atoms with E-state index < -0.39 is 6.04 Å². The van der Waals surface area contributed by atoms with Gasteiger partial charge in [-0.15, -0.1) is 0 Å². The van der Waals surface area contributed by atoms with Crippen LogP contribution in [-0.4, -0.2) is 115 Å². The number of imidazole rings is 5. The van der Waals surface area contributed by atoms with Gasteiger partial charge in [-0.25, -0.2) is 29.3 Å². The number of nitro groups is 1. The first-order chi connectivity index (χ1) is 68.2. The highest BCUT2D eigenvalue weighted by Crippen LogP contribution is 2.50. The smallest absolute Gasteiger partial charge is 0.278 e. The van der Waals surface area contributed by atoms with Gasteiger partial charge in [-0.2, -0.15) is 0 Å². The number of halogens is 3. The van der Waals surface area contributed by atoms with Gasteiger partial charge in [0.15, 0.2) is 28.9 Å². The minimum Gasteiger partial charge on any atom is -0.300 e. The molecule has 141 heavy (non-hydrogen) atoms. The molecule has 5 atom stereocenters. The van der Waals surface area contributed by atoms with Crippen LogP contribution in [0.15, 0.2) is 274 Å². The van der Waals surface area contributed by atoms with Crippen LogP contribution in [0.5, 0.6) is 0 Å².